The largest absolute Gasteiger partial charge is 0.334 e. The summed E-state index contributed by atoms with van der Waals surface area (Å²) in [6, 6.07) is 3.61. The zero-order valence-electron chi connectivity index (χ0n) is 18.7. The van der Waals surface area contributed by atoms with Gasteiger partial charge >= 0.3 is 0 Å². The minimum absolute atomic E-state index is 0.0535. The Morgan fingerprint density at radius 2 is 2.15 bits per heavy atom. The summed E-state index contributed by atoms with van der Waals surface area (Å²) in [6.07, 6.45) is 6.74. The SMILES string of the molecule is CSc1ncccc1C(=O)N1CCc2c(c(C(=O)N(C)Cc3cscn3)nn2CC2CC2)C1. The number of thioether (sulfide) groups is 1. The molecule has 0 saturated heterocycles. The molecule has 33 heavy (non-hydrogen) atoms. The Kier molecular flexibility index (Phi) is 6.20. The van der Waals surface area contributed by atoms with Crippen molar-refractivity contribution in [1.29, 1.82) is 0 Å². The number of hydrogen-bond donors (Lipinski definition) is 0. The number of thiazole rings is 1. The predicted molar refractivity (Wildman–Crippen MR) is 127 cm³/mol. The third kappa shape index (κ3) is 4.54. The number of amides is 2. The van der Waals surface area contributed by atoms with Crippen molar-refractivity contribution in [3.8, 4) is 0 Å². The highest BCUT2D eigenvalue weighted by Crippen LogP contribution is 2.33. The fourth-order valence-electron chi connectivity index (χ4n) is 4.23. The van der Waals surface area contributed by atoms with Crippen molar-refractivity contribution in [3.63, 3.8) is 0 Å². The fourth-order valence-corrected chi connectivity index (χ4v) is 5.32. The maximum absolute atomic E-state index is 13.4. The zero-order chi connectivity index (χ0) is 22.9. The molecule has 1 aliphatic carbocycles. The summed E-state index contributed by atoms with van der Waals surface area (Å²) in [7, 11) is 1.78. The molecule has 5 rings (SSSR count). The third-order valence-electron chi connectivity index (χ3n) is 6.18. The van der Waals surface area contributed by atoms with Crippen LogP contribution in [0.15, 0.2) is 34.2 Å². The number of carbonyl (C=O) groups excluding carboxylic acids is 2. The van der Waals surface area contributed by atoms with Gasteiger partial charge in [0.2, 0.25) is 0 Å². The maximum Gasteiger partial charge on any atom is 0.274 e. The van der Waals surface area contributed by atoms with Gasteiger partial charge in [-0.3, -0.25) is 14.3 Å². The van der Waals surface area contributed by atoms with Crippen LogP contribution in [0, 0.1) is 5.92 Å². The van der Waals surface area contributed by atoms with Crippen LogP contribution in [-0.4, -0.2) is 61.2 Å². The average molecular weight is 483 g/mol. The lowest BCUT2D eigenvalue weighted by Gasteiger charge is -2.28. The number of aromatic nitrogens is 4. The third-order valence-corrected chi connectivity index (χ3v) is 7.52. The van der Waals surface area contributed by atoms with Crippen LogP contribution in [0.25, 0.3) is 0 Å². The molecule has 1 aliphatic heterocycles. The Balaban J connectivity index is 1.43. The first-order valence-electron chi connectivity index (χ1n) is 11.0. The highest BCUT2D eigenvalue weighted by molar-refractivity contribution is 7.98. The summed E-state index contributed by atoms with van der Waals surface area (Å²) in [5.41, 5.74) is 5.65. The van der Waals surface area contributed by atoms with E-state index in [0.29, 0.717) is 43.2 Å². The molecule has 10 heteroatoms. The molecule has 0 spiro atoms. The molecule has 1 fully saturated rings. The van der Waals surface area contributed by atoms with Crippen molar-refractivity contribution in [2.45, 2.75) is 43.9 Å². The van der Waals surface area contributed by atoms with Crippen LogP contribution in [-0.2, 0) is 26.1 Å². The van der Waals surface area contributed by atoms with Crippen molar-refractivity contribution < 1.29 is 9.59 Å². The monoisotopic (exact) mass is 482 g/mol. The first kappa shape index (κ1) is 22.1. The Hall–Kier alpha value is -2.72. The van der Waals surface area contributed by atoms with Gasteiger partial charge in [-0.05, 0) is 37.1 Å². The lowest BCUT2D eigenvalue weighted by molar-refractivity contribution is 0.0717. The molecule has 0 unspecified atom stereocenters. The number of rotatable bonds is 7. The lowest BCUT2D eigenvalue weighted by Crippen LogP contribution is -2.37. The second kappa shape index (κ2) is 9.26. The van der Waals surface area contributed by atoms with E-state index in [2.05, 4.69) is 9.97 Å². The van der Waals surface area contributed by atoms with E-state index in [9.17, 15) is 9.59 Å². The summed E-state index contributed by atoms with van der Waals surface area (Å²) in [5, 5.41) is 7.44. The van der Waals surface area contributed by atoms with E-state index in [1.165, 1.54) is 35.9 Å². The maximum atomic E-state index is 13.4. The predicted octanol–water partition coefficient (Wildman–Crippen LogP) is 3.34. The number of fused-ring (bicyclic) bond motifs is 1. The minimum Gasteiger partial charge on any atom is -0.334 e. The minimum atomic E-state index is -0.130. The number of nitrogens with zero attached hydrogens (tertiary/aromatic N) is 6. The lowest BCUT2D eigenvalue weighted by atomic mass is 10.0. The van der Waals surface area contributed by atoms with Gasteiger partial charge in [-0.25, -0.2) is 9.97 Å². The van der Waals surface area contributed by atoms with Crippen LogP contribution in [0.4, 0.5) is 0 Å². The first-order valence-corrected chi connectivity index (χ1v) is 13.2. The van der Waals surface area contributed by atoms with Gasteiger partial charge in [0.05, 0.1) is 29.9 Å². The molecule has 1 saturated carbocycles. The van der Waals surface area contributed by atoms with Crippen LogP contribution in [0.1, 0.15) is 50.6 Å². The summed E-state index contributed by atoms with van der Waals surface area (Å²) < 4.78 is 2.02. The molecule has 0 radical (unpaired) electrons. The molecule has 3 aromatic rings. The molecule has 0 bridgehead atoms. The molecule has 172 valence electrons. The standard InChI is InChI=1S/C23H26N6O2S2/c1-27(11-16-13-33-14-25-16)23(31)20-18-12-28(22(30)17-4-3-8-24-21(17)32-2)9-7-19(18)29(26-20)10-15-5-6-15/h3-4,8,13-15H,5-7,9-12H2,1-2H3. The van der Waals surface area contributed by atoms with E-state index >= 15 is 0 Å². The van der Waals surface area contributed by atoms with Crippen LogP contribution >= 0.6 is 23.1 Å². The molecular formula is C23H26N6O2S2. The molecule has 0 atom stereocenters. The van der Waals surface area contributed by atoms with E-state index in [4.69, 9.17) is 5.10 Å². The number of hydrogen-bond acceptors (Lipinski definition) is 7. The average Bonchev–Trinajstić information content (AvgIpc) is 3.38. The topological polar surface area (TPSA) is 84.2 Å². The molecule has 0 aromatic carbocycles. The highest BCUT2D eigenvalue weighted by Gasteiger charge is 2.34. The molecule has 8 nitrogen and oxygen atoms in total. The molecular weight excluding hydrogens is 456 g/mol. The number of carbonyl (C=O) groups is 2. The van der Waals surface area contributed by atoms with E-state index in [1.54, 1.807) is 29.7 Å². The van der Waals surface area contributed by atoms with Crippen LogP contribution in [0.3, 0.4) is 0 Å². The van der Waals surface area contributed by atoms with Gasteiger partial charge in [-0.2, -0.15) is 5.10 Å². The Morgan fingerprint density at radius 3 is 2.88 bits per heavy atom. The van der Waals surface area contributed by atoms with Gasteiger partial charge < -0.3 is 9.80 Å². The molecule has 0 N–H and O–H groups in total. The van der Waals surface area contributed by atoms with Crippen LogP contribution < -0.4 is 0 Å². The van der Waals surface area contributed by atoms with Crippen LogP contribution in [0.2, 0.25) is 0 Å². The van der Waals surface area contributed by atoms with Gasteiger partial charge in [0, 0.05) is 49.4 Å². The van der Waals surface area contributed by atoms with Gasteiger partial charge in [0.15, 0.2) is 5.69 Å². The fraction of sp³-hybridized carbons (Fsp3) is 0.435. The zero-order valence-corrected chi connectivity index (χ0v) is 20.4. The van der Waals surface area contributed by atoms with Gasteiger partial charge in [-0.15, -0.1) is 23.1 Å². The summed E-state index contributed by atoms with van der Waals surface area (Å²) in [5.74, 6) is 0.459. The molecule has 4 heterocycles. The Morgan fingerprint density at radius 1 is 1.30 bits per heavy atom. The number of pyridine rings is 1. The van der Waals surface area contributed by atoms with E-state index in [1.807, 2.05) is 27.3 Å². The van der Waals surface area contributed by atoms with Gasteiger partial charge in [0.1, 0.15) is 5.03 Å². The van der Waals surface area contributed by atoms with Crippen LogP contribution in [0.5, 0.6) is 0 Å². The second-order valence-electron chi connectivity index (χ2n) is 8.58. The summed E-state index contributed by atoms with van der Waals surface area (Å²) in [4.78, 5) is 38.9. The first-order chi connectivity index (χ1) is 16.0. The Labute approximate surface area is 201 Å². The van der Waals surface area contributed by atoms with Crippen molar-refractivity contribution in [1.82, 2.24) is 29.5 Å². The smallest absolute Gasteiger partial charge is 0.274 e. The van der Waals surface area contributed by atoms with Crippen molar-refractivity contribution in [2.75, 3.05) is 19.8 Å². The molecule has 3 aromatic heterocycles. The Bertz CT molecular complexity index is 1170. The van der Waals surface area contributed by atoms with E-state index in [0.717, 1.165) is 28.5 Å². The van der Waals surface area contributed by atoms with Crippen molar-refractivity contribution in [2.24, 2.45) is 5.92 Å². The molecule has 2 aliphatic rings. The van der Waals surface area contributed by atoms with Crippen molar-refractivity contribution in [3.05, 3.63) is 57.4 Å². The van der Waals surface area contributed by atoms with E-state index < -0.39 is 0 Å². The quantitative estimate of drug-likeness (QED) is 0.480. The van der Waals surface area contributed by atoms with Gasteiger partial charge in [-0.1, -0.05) is 0 Å². The summed E-state index contributed by atoms with van der Waals surface area (Å²) >= 11 is 2.98. The highest BCUT2D eigenvalue weighted by atomic mass is 32.2. The van der Waals surface area contributed by atoms with E-state index in [-0.39, 0.29) is 11.8 Å². The summed E-state index contributed by atoms with van der Waals surface area (Å²) in [6.45, 7) is 2.26. The normalized spacial score (nSPS) is 15.4. The van der Waals surface area contributed by atoms with Gasteiger partial charge in [0.25, 0.3) is 11.8 Å². The molecule has 2 amide bonds. The second-order valence-corrected chi connectivity index (χ2v) is 10.1. The van der Waals surface area contributed by atoms with Crippen molar-refractivity contribution >= 4 is 34.9 Å².